The minimum absolute atomic E-state index is 0.125. The highest BCUT2D eigenvalue weighted by atomic mass is 19.1. The van der Waals surface area contributed by atoms with Crippen LogP contribution in [0.3, 0.4) is 0 Å². The fourth-order valence-corrected chi connectivity index (χ4v) is 1.52. The van der Waals surface area contributed by atoms with Crippen molar-refractivity contribution >= 4 is 5.82 Å². The van der Waals surface area contributed by atoms with E-state index in [1.54, 1.807) is 0 Å². The largest absolute Gasteiger partial charge is 0.433 e. The number of anilines is 1. The molecule has 1 N–H and O–H groups in total. The highest BCUT2D eigenvalue weighted by Crippen LogP contribution is 2.27. The SMILES string of the molecule is CCCNc1nc(Oc2ccccc2F)c(F)cc1F. The Morgan fingerprint density at radius 2 is 1.85 bits per heavy atom. The van der Waals surface area contributed by atoms with Gasteiger partial charge in [0, 0.05) is 12.6 Å². The second kappa shape index (κ2) is 6.27. The Bertz CT molecular complexity index is 605. The third-order valence-corrected chi connectivity index (χ3v) is 2.48. The maximum absolute atomic E-state index is 13.6. The average Bonchev–Trinajstić information content (AvgIpc) is 2.43. The predicted molar refractivity (Wildman–Crippen MR) is 69.4 cm³/mol. The molecule has 0 spiro atoms. The van der Waals surface area contributed by atoms with Crippen LogP contribution >= 0.6 is 0 Å². The summed E-state index contributed by atoms with van der Waals surface area (Å²) in [6, 6.07) is 6.17. The number of nitrogens with zero attached hydrogens (tertiary/aromatic N) is 1. The van der Waals surface area contributed by atoms with Gasteiger partial charge in [-0.2, -0.15) is 4.98 Å². The van der Waals surface area contributed by atoms with Crippen molar-refractivity contribution in [2.24, 2.45) is 0 Å². The lowest BCUT2D eigenvalue weighted by Crippen LogP contribution is -2.06. The molecule has 0 aliphatic rings. The molecule has 0 bridgehead atoms. The first kappa shape index (κ1) is 14.2. The molecule has 0 saturated heterocycles. The Kier molecular flexibility index (Phi) is 4.45. The average molecular weight is 282 g/mol. The minimum atomic E-state index is -0.993. The van der Waals surface area contributed by atoms with E-state index in [1.165, 1.54) is 24.3 Å². The van der Waals surface area contributed by atoms with E-state index in [9.17, 15) is 13.2 Å². The van der Waals surface area contributed by atoms with Crippen molar-refractivity contribution in [3.63, 3.8) is 0 Å². The minimum Gasteiger partial charge on any atom is -0.433 e. The van der Waals surface area contributed by atoms with Gasteiger partial charge in [0.2, 0.25) is 0 Å². The van der Waals surface area contributed by atoms with E-state index in [0.717, 1.165) is 6.42 Å². The van der Waals surface area contributed by atoms with Crippen LogP contribution in [0.2, 0.25) is 0 Å². The molecule has 0 saturated carbocycles. The van der Waals surface area contributed by atoms with Gasteiger partial charge in [-0.05, 0) is 18.6 Å². The maximum atomic E-state index is 13.6. The molecule has 0 fully saturated rings. The van der Waals surface area contributed by atoms with Gasteiger partial charge in [-0.3, -0.25) is 0 Å². The van der Waals surface area contributed by atoms with Crippen LogP contribution in [0.15, 0.2) is 30.3 Å². The number of para-hydroxylation sites is 1. The van der Waals surface area contributed by atoms with E-state index in [-0.39, 0.29) is 11.6 Å². The molecule has 0 amide bonds. The van der Waals surface area contributed by atoms with Gasteiger partial charge in [0.25, 0.3) is 5.88 Å². The number of benzene rings is 1. The molecule has 0 atom stereocenters. The number of nitrogens with one attached hydrogen (secondary N) is 1. The zero-order valence-electron chi connectivity index (χ0n) is 10.8. The summed E-state index contributed by atoms with van der Waals surface area (Å²) in [5.41, 5.74) is 0. The molecule has 0 unspecified atom stereocenters. The van der Waals surface area contributed by atoms with Gasteiger partial charge in [-0.1, -0.05) is 19.1 Å². The lowest BCUT2D eigenvalue weighted by Gasteiger charge is -2.10. The monoisotopic (exact) mass is 282 g/mol. The number of ether oxygens (including phenoxy) is 1. The van der Waals surface area contributed by atoms with Gasteiger partial charge in [-0.15, -0.1) is 0 Å². The van der Waals surface area contributed by atoms with Gasteiger partial charge in [-0.25, -0.2) is 13.2 Å². The fraction of sp³-hybridized carbons (Fsp3) is 0.214. The Labute approximate surface area is 114 Å². The molecule has 6 heteroatoms. The van der Waals surface area contributed by atoms with Crippen LogP contribution in [0.5, 0.6) is 11.6 Å². The van der Waals surface area contributed by atoms with Gasteiger partial charge in [0.05, 0.1) is 0 Å². The quantitative estimate of drug-likeness (QED) is 0.896. The summed E-state index contributed by atoms with van der Waals surface area (Å²) in [7, 11) is 0. The number of rotatable bonds is 5. The molecule has 0 radical (unpaired) electrons. The van der Waals surface area contributed by atoms with Gasteiger partial charge >= 0.3 is 0 Å². The van der Waals surface area contributed by atoms with Crippen molar-refractivity contribution in [3.05, 3.63) is 47.8 Å². The summed E-state index contributed by atoms with van der Waals surface area (Å²) < 4.78 is 45.5. The summed E-state index contributed by atoms with van der Waals surface area (Å²) in [4.78, 5) is 3.70. The van der Waals surface area contributed by atoms with Crippen molar-refractivity contribution in [2.45, 2.75) is 13.3 Å². The topological polar surface area (TPSA) is 34.2 Å². The lowest BCUT2D eigenvalue weighted by atomic mass is 10.3. The Morgan fingerprint density at radius 1 is 1.10 bits per heavy atom. The second-order valence-corrected chi connectivity index (χ2v) is 4.07. The molecule has 3 nitrogen and oxygen atoms in total. The number of aromatic nitrogens is 1. The molecule has 0 aliphatic heterocycles. The van der Waals surface area contributed by atoms with Gasteiger partial charge in [0.15, 0.2) is 29.0 Å². The summed E-state index contributed by atoms with van der Waals surface area (Å²) in [5.74, 6) is -3.24. The first-order chi connectivity index (χ1) is 9.61. The Balaban J connectivity index is 2.29. The molecule has 2 aromatic rings. The van der Waals surface area contributed by atoms with E-state index >= 15 is 0 Å². The summed E-state index contributed by atoms with van der Waals surface area (Å²) in [5, 5.41) is 2.70. The van der Waals surface area contributed by atoms with E-state index in [0.29, 0.717) is 12.6 Å². The molecule has 0 aliphatic carbocycles. The first-order valence-electron chi connectivity index (χ1n) is 6.14. The third kappa shape index (κ3) is 3.20. The maximum Gasteiger partial charge on any atom is 0.258 e. The Morgan fingerprint density at radius 3 is 2.55 bits per heavy atom. The number of halogens is 3. The fourth-order valence-electron chi connectivity index (χ4n) is 1.52. The molecule has 106 valence electrons. The van der Waals surface area contributed by atoms with Crippen LogP contribution in [0.25, 0.3) is 0 Å². The van der Waals surface area contributed by atoms with Gasteiger partial charge < -0.3 is 10.1 Å². The van der Waals surface area contributed by atoms with Crippen LogP contribution < -0.4 is 10.1 Å². The van der Waals surface area contributed by atoms with E-state index in [1.807, 2.05) is 6.92 Å². The van der Waals surface area contributed by atoms with Crippen molar-refractivity contribution in [1.29, 1.82) is 0 Å². The van der Waals surface area contributed by atoms with Crippen LogP contribution in [0.4, 0.5) is 19.0 Å². The lowest BCUT2D eigenvalue weighted by molar-refractivity contribution is 0.395. The number of pyridine rings is 1. The summed E-state index contributed by atoms with van der Waals surface area (Å²) >= 11 is 0. The smallest absolute Gasteiger partial charge is 0.258 e. The normalized spacial score (nSPS) is 10.4. The van der Waals surface area contributed by atoms with Crippen LogP contribution in [-0.2, 0) is 0 Å². The number of hydrogen-bond donors (Lipinski definition) is 1. The summed E-state index contributed by atoms with van der Waals surface area (Å²) in [6.07, 6.45) is 0.752. The van der Waals surface area contributed by atoms with Crippen molar-refractivity contribution in [3.8, 4) is 11.6 Å². The molecular weight excluding hydrogens is 269 g/mol. The van der Waals surface area contributed by atoms with Crippen molar-refractivity contribution in [2.75, 3.05) is 11.9 Å². The molecular formula is C14H13F3N2O. The van der Waals surface area contributed by atoms with Crippen LogP contribution in [0, 0.1) is 17.5 Å². The Hall–Kier alpha value is -2.24. The predicted octanol–water partition coefficient (Wildman–Crippen LogP) is 4.11. The molecule has 1 aromatic carbocycles. The molecule has 1 heterocycles. The van der Waals surface area contributed by atoms with E-state index < -0.39 is 23.3 Å². The van der Waals surface area contributed by atoms with E-state index in [4.69, 9.17) is 4.74 Å². The van der Waals surface area contributed by atoms with Crippen LogP contribution in [0.1, 0.15) is 13.3 Å². The van der Waals surface area contributed by atoms with E-state index in [2.05, 4.69) is 10.3 Å². The van der Waals surface area contributed by atoms with Gasteiger partial charge in [0.1, 0.15) is 0 Å². The highest BCUT2D eigenvalue weighted by Gasteiger charge is 2.15. The second-order valence-electron chi connectivity index (χ2n) is 4.07. The third-order valence-electron chi connectivity index (χ3n) is 2.48. The standard InChI is InChI=1S/C14H13F3N2O/c1-2-7-18-13-10(16)8-11(17)14(19-13)20-12-6-4-3-5-9(12)15/h3-6,8H,2,7H2,1H3,(H,18,19). The molecule has 1 aromatic heterocycles. The highest BCUT2D eigenvalue weighted by molar-refractivity contribution is 5.41. The van der Waals surface area contributed by atoms with Crippen molar-refractivity contribution < 1.29 is 17.9 Å². The molecule has 20 heavy (non-hydrogen) atoms. The zero-order chi connectivity index (χ0) is 14.5. The van der Waals surface area contributed by atoms with Crippen molar-refractivity contribution in [1.82, 2.24) is 4.98 Å². The molecule has 2 rings (SSSR count). The summed E-state index contributed by atoms with van der Waals surface area (Å²) in [6.45, 7) is 2.37. The van der Waals surface area contributed by atoms with Crippen LogP contribution in [-0.4, -0.2) is 11.5 Å². The first-order valence-corrected chi connectivity index (χ1v) is 6.14. The number of hydrogen-bond acceptors (Lipinski definition) is 3. The zero-order valence-corrected chi connectivity index (χ0v) is 10.8.